The van der Waals surface area contributed by atoms with E-state index in [4.69, 9.17) is 4.74 Å². The van der Waals surface area contributed by atoms with E-state index in [1.165, 1.54) is 7.11 Å². The van der Waals surface area contributed by atoms with E-state index in [0.29, 0.717) is 44.2 Å². The van der Waals surface area contributed by atoms with Crippen molar-refractivity contribution in [1.29, 1.82) is 0 Å². The van der Waals surface area contributed by atoms with Gasteiger partial charge in [0, 0.05) is 45.5 Å². The van der Waals surface area contributed by atoms with Crippen LogP contribution in [-0.4, -0.2) is 84.4 Å². The number of piperazine rings is 1. The van der Waals surface area contributed by atoms with E-state index in [1.54, 1.807) is 23.2 Å². The first-order valence-corrected chi connectivity index (χ1v) is 8.47. The third-order valence-electron chi connectivity index (χ3n) is 4.67. The van der Waals surface area contributed by atoms with Crippen LogP contribution in [0.2, 0.25) is 0 Å². The molecule has 0 atom stereocenters. The van der Waals surface area contributed by atoms with Gasteiger partial charge in [0.25, 0.3) is 5.91 Å². The van der Waals surface area contributed by atoms with Crippen molar-refractivity contribution in [2.45, 2.75) is 12.8 Å². The Morgan fingerprint density at radius 3 is 2.46 bits per heavy atom. The van der Waals surface area contributed by atoms with Crippen LogP contribution in [0.25, 0.3) is 0 Å². The minimum atomic E-state index is -0.0644. The van der Waals surface area contributed by atoms with E-state index in [2.05, 4.69) is 9.88 Å². The number of hydrogen-bond acceptors (Lipinski definition) is 5. The molecule has 2 aliphatic rings. The molecule has 0 saturated carbocycles. The lowest BCUT2D eigenvalue weighted by Gasteiger charge is -2.35. The van der Waals surface area contributed by atoms with Crippen LogP contribution < -0.4 is 4.74 Å². The molecule has 2 saturated heterocycles. The van der Waals surface area contributed by atoms with Crippen molar-refractivity contribution < 1.29 is 14.3 Å². The van der Waals surface area contributed by atoms with Crippen molar-refractivity contribution in [3.8, 4) is 5.88 Å². The summed E-state index contributed by atoms with van der Waals surface area (Å²) < 4.78 is 5.17. The van der Waals surface area contributed by atoms with Crippen LogP contribution in [0.4, 0.5) is 0 Å². The molecule has 7 nitrogen and oxygen atoms in total. The molecule has 24 heavy (non-hydrogen) atoms. The molecule has 0 N–H and O–H groups in total. The number of ether oxygens (including phenoxy) is 1. The topological polar surface area (TPSA) is 66.0 Å². The molecule has 0 bridgehead atoms. The highest BCUT2D eigenvalue weighted by molar-refractivity contribution is 5.96. The quantitative estimate of drug-likeness (QED) is 0.802. The Balaban J connectivity index is 1.53. The van der Waals surface area contributed by atoms with E-state index in [1.807, 2.05) is 4.90 Å². The summed E-state index contributed by atoms with van der Waals surface area (Å²) in [5.41, 5.74) is 0.488. The van der Waals surface area contributed by atoms with Crippen LogP contribution in [0.3, 0.4) is 0 Å². The lowest BCUT2D eigenvalue weighted by Crippen LogP contribution is -2.51. The standard InChI is InChI=1S/C17H24N4O3/c1-24-16-14(5-4-6-18-16)17(23)21-11-9-19(10-12-21)13-15(22)20-7-2-3-8-20/h4-6H,2-3,7-13H2,1H3. The second-order valence-corrected chi connectivity index (χ2v) is 6.22. The monoisotopic (exact) mass is 332 g/mol. The molecule has 0 unspecified atom stereocenters. The molecule has 2 aliphatic heterocycles. The number of carbonyl (C=O) groups is 2. The van der Waals surface area contributed by atoms with Gasteiger partial charge in [0.1, 0.15) is 5.56 Å². The summed E-state index contributed by atoms with van der Waals surface area (Å²) in [4.78, 5) is 34.8. The number of amides is 2. The van der Waals surface area contributed by atoms with Gasteiger partial charge < -0.3 is 14.5 Å². The number of methoxy groups -OCH3 is 1. The zero-order valence-corrected chi connectivity index (χ0v) is 14.1. The molecule has 7 heteroatoms. The first-order chi connectivity index (χ1) is 11.7. The van der Waals surface area contributed by atoms with Crippen molar-refractivity contribution in [1.82, 2.24) is 19.7 Å². The Hall–Kier alpha value is -2.15. The average molecular weight is 332 g/mol. The highest BCUT2D eigenvalue weighted by Crippen LogP contribution is 2.17. The third kappa shape index (κ3) is 3.67. The van der Waals surface area contributed by atoms with E-state index in [-0.39, 0.29) is 11.8 Å². The summed E-state index contributed by atoms with van der Waals surface area (Å²) in [6, 6.07) is 3.47. The zero-order chi connectivity index (χ0) is 16.9. The van der Waals surface area contributed by atoms with Crippen LogP contribution >= 0.6 is 0 Å². The highest BCUT2D eigenvalue weighted by atomic mass is 16.5. The summed E-state index contributed by atoms with van der Waals surface area (Å²) in [6.45, 7) is 4.89. The molecule has 0 spiro atoms. The lowest BCUT2D eigenvalue weighted by molar-refractivity contribution is -0.131. The number of carbonyl (C=O) groups excluding carboxylic acids is 2. The Morgan fingerprint density at radius 2 is 1.79 bits per heavy atom. The molecule has 130 valence electrons. The van der Waals surface area contributed by atoms with Gasteiger partial charge >= 0.3 is 0 Å². The van der Waals surface area contributed by atoms with Crippen LogP contribution in [-0.2, 0) is 4.79 Å². The van der Waals surface area contributed by atoms with Crippen LogP contribution in [0.5, 0.6) is 5.88 Å². The van der Waals surface area contributed by atoms with Crippen molar-refractivity contribution >= 4 is 11.8 Å². The van der Waals surface area contributed by atoms with Crippen LogP contribution in [0.15, 0.2) is 18.3 Å². The molecule has 3 rings (SSSR count). The fraction of sp³-hybridized carbons (Fsp3) is 0.588. The van der Waals surface area contributed by atoms with Crippen molar-refractivity contribution in [2.24, 2.45) is 0 Å². The Kier molecular flexibility index (Phi) is 5.30. The summed E-state index contributed by atoms with van der Waals surface area (Å²) >= 11 is 0. The van der Waals surface area contributed by atoms with Crippen molar-refractivity contribution in [3.05, 3.63) is 23.9 Å². The normalized spacial score (nSPS) is 18.7. The molecular formula is C17H24N4O3. The molecule has 1 aromatic heterocycles. The van der Waals surface area contributed by atoms with E-state index >= 15 is 0 Å². The highest BCUT2D eigenvalue weighted by Gasteiger charge is 2.27. The van der Waals surface area contributed by atoms with E-state index in [9.17, 15) is 9.59 Å². The number of likely N-dealkylation sites (tertiary alicyclic amines) is 1. The van der Waals surface area contributed by atoms with Crippen molar-refractivity contribution in [2.75, 3.05) is 52.9 Å². The first-order valence-electron chi connectivity index (χ1n) is 8.47. The lowest BCUT2D eigenvalue weighted by atomic mass is 10.2. The predicted molar refractivity (Wildman–Crippen MR) is 88.9 cm³/mol. The van der Waals surface area contributed by atoms with Gasteiger partial charge in [-0.3, -0.25) is 14.5 Å². The van der Waals surface area contributed by atoms with Gasteiger partial charge in [0.05, 0.1) is 13.7 Å². The zero-order valence-electron chi connectivity index (χ0n) is 14.1. The fourth-order valence-electron chi connectivity index (χ4n) is 3.25. The first kappa shape index (κ1) is 16.7. The molecule has 0 aliphatic carbocycles. The minimum absolute atomic E-state index is 0.0644. The number of hydrogen-bond donors (Lipinski definition) is 0. The van der Waals surface area contributed by atoms with Crippen LogP contribution in [0, 0.1) is 0 Å². The minimum Gasteiger partial charge on any atom is -0.480 e. The Morgan fingerprint density at radius 1 is 1.08 bits per heavy atom. The fourth-order valence-corrected chi connectivity index (χ4v) is 3.25. The summed E-state index contributed by atoms with van der Waals surface area (Å²) in [7, 11) is 1.51. The van der Waals surface area contributed by atoms with Gasteiger partial charge in [-0.2, -0.15) is 0 Å². The maximum atomic E-state index is 12.6. The number of aromatic nitrogens is 1. The molecule has 2 fully saturated rings. The average Bonchev–Trinajstić information content (AvgIpc) is 3.16. The maximum Gasteiger partial charge on any atom is 0.259 e. The number of nitrogens with zero attached hydrogens (tertiary/aromatic N) is 4. The number of rotatable bonds is 4. The molecule has 0 radical (unpaired) electrons. The number of pyridine rings is 1. The Labute approximate surface area is 142 Å². The van der Waals surface area contributed by atoms with Gasteiger partial charge in [-0.1, -0.05) is 0 Å². The summed E-state index contributed by atoms with van der Waals surface area (Å²) in [5, 5.41) is 0. The van der Waals surface area contributed by atoms with E-state index < -0.39 is 0 Å². The predicted octanol–water partition coefficient (Wildman–Crippen LogP) is 0.470. The molecule has 3 heterocycles. The van der Waals surface area contributed by atoms with Crippen molar-refractivity contribution in [3.63, 3.8) is 0 Å². The van der Waals surface area contributed by atoms with E-state index in [0.717, 1.165) is 25.9 Å². The molecule has 2 amide bonds. The molecule has 0 aromatic carbocycles. The van der Waals surface area contributed by atoms with Gasteiger partial charge in [0.15, 0.2) is 0 Å². The maximum absolute atomic E-state index is 12.6. The molecule has 1 aromatic rings. The van der Waals surface area contributed by atoms with Gasteiger partial charge in [0.2, 0.25) is 11.8 Å². The SMILES string of the molecule is COc1ncccc1C(=O)N1CCN(CC(=O)N2CCCC2)CC1. The smallest absolute Gasteiger partial charge is 0.259 e. The molecular weight excluding hydrogens is 308 g/mol. The van der Waals surface area contributed by atoms with Gasteiger partial charge in [-0.05, 0) is 25.0 Å². The van der Waals surface area contributed by atoms with Gasteiger partial charge in [-0.15, -0.1) is 0 Å². The summed E-state index contributed by atoms with van der Waals surface area (Å²) in [5.74, 6) is 0.501. The second kappa shape index (κ2) is 7.61. The van der Waals surface area contributed by atoms with Crippen LogP contribution in [0.1, 0.15) is 23.2 Å². The third-order valence-corrected chi connectivity index (χ3v) is 4.67. The summed E-state index contributed by atoms with van der Waals surface area (Å²) in [6.07, 6.45) is 3.83. The Bertz CT molecular complexity index is 593. The second-order valence-electron chi connectivity index (χ2n) is 6.22. The van der Waals surface area contributed by atoms with Gasteiger partial charge in [-0.25, -0.2) is 4.98 Å². The largest absolute Gasteiger partial charge is 0.480 e.